The van der Waals surface area contributed by atoms with Crippen LogP contribution < -0.4 is 5.32 Å². The van der Waals surface area contributed by atoms with E-state index in [-0.39, 0.29) is 5.41 Å². The molecule has 0 saturated heterocycles. The lowest BCUT2D eigenvalue weighted by Crippen LogP contribution is -2.20. The fourth-order valence-electron chi connectivity index (χ4n) is 2.12. The van der Waals surface area contributed by atoms with E-state index >= 15 is 0 Å². The standard InChI is InChI=1S/C17H29NO/c1-14(18-12-6-5-7-13-19)15-8-10-16(11-9-15)17(2,3)4/h8-11,14,18-19H,5-7,12-13H2,1-4H3. The number of aliphatic hydroxyl groups excluding tert-OH is 1. The molecule has 0 amide bonds. The van der Waals surface area contributed by atoms with E-state index in [9.17, 15) is 0 Å². The SMILES string of the molecule is CC(NCCCCCO)c1ccc(C(C)(C)C)cc1. The maximum atomic E-state index is 8.72. The number of hydrogen-bond acceptors (Lipinski definition) is 2. The molecule has 2 heteroatoms. The molecule has 108 valence electrons. The van der Waals surface area contributed by atoms with E-state index in [0.717, 1.165) is 25.8 Å². The average Bonchev–Trinajstić information content (AvgIpc) is 2.37. The number of aliphatic hydroxyl groups is 1. The molecule has 0 saturated carbocycles. The highest BCUT2D eigenvalue weighted by Gasteiger charge is 2.13. The summed E-state index contributed by atoms with van der Waals surface area (Å²) in [5, 5.41) is 12.3. The zero-order valence-corrected chi connectivity index (χ0v) is 12.9. The molecule has 2 nitrogen and oxygen atoms in total. The minimum Gasteiger partial charge on any atom is -0.396 e. The fourth-order valence-corrected chi connectivity index (χ4v) is 2.12. The van der Waals surface area contributed by atoms with E-state index in [1.165, 1.54) is 11.1 Å². The van der Waals surface area contributed by atoms with Crippen molar-refractivity contribution in [2.24, 2.45) is 0 Å². The van der Waals surface area contributed by atoms with E-state index in [2.05, 4.69) is 57.3 Å². The zero-order valence-electron chi connectivity index (χ0n) is 12.9. The molecule has 0 aliphatic heterocycles. The van der Waals surface area contributed by atoms with Crippen molar-refractivity contribution in [3.8, 4) is 0 Å². The van der Waals surface area contributed by atoms with Gasteiger partial charge in [-0.3, -0.25) is 0 Å². The zero-order chi connectivity index (χ0) is 14.3. The Kier molecular flexibility index (Phi) is 6.53. The summed E-state index contributed by atoms with van der Waals surface area (Å²) < 4.78 is 0. The number of rotatable bonds is 7. The second-order valence-electron chi connectivity index (χ2n) is 6.33. The predicted molar refractivity (Wildman–Crippen MR) is 82.5 cm³/mol. The summed E-state index contributed by atoms with van der Waals surface area (Å²) in [6.07, 6.45) is 3.14. The largest absolute Gasteiger partial charge is 0.396 e. The van der Waals surface area contributed by atoms with Crippen molar-refractivity contribution in [3.05, 3.63) is 35.4 Å². The quantitative estimate of drug-likeness (QED) is 0.733. The lowest BCUT2D eigenvalue weighted by Gasteiger charge is -2.20. The van der Waals surface area contributed by atoms with Crippen LogP contribution in [0.3, 0.4) is 0 Å². The maximum Gasteiger partial charge on any atom is 0.0431 e. The van der Waals surface area contributed by atoms with Crippen LogP contribution in [0.5, 0.6) is 0 Å². The Balaban J connectivity index is 2.42. The molecule has 0 aromatic heterocycles. The molecule has 0 bridgehead atoms. The molecule has 0 fully saturated rings. The van der Waals surface area contributed by atoms with E-state index in [4.69, 9.17) is 5.11 Å². The van der Waals surface area contributed by atoms with Gasteiger partial charge in [0, 0.05) is 12.6 Å². The second-order valence-corrected chi connectivity index (χ2v) is 6.33. The molecule has 19 heavy (non-hydrogen) atoms. The molecule has 1 aromatic carbocycles. The van der Waals surface area contributed by atoms with Gasteiger partial charge in [-0.15, -0.1) is 0 Å². The van der Waals surface area contributed by atoms with Crippen LogP contribution in [0.4, 0.5) is 0 Å². The van der Waals surface area contributed by atoms with Crippen molar-refractivity contribution in [1.29, 1.82) is 0 Å². The monoisotopic (exact) mass is 263 g/mol. The molecule has 0 aliphatic carbocycles. The first-order valence-electron chi connectivity index (χ1n) is 7.40. The Morgan fingerprint density at radius 1 is 1.05 bits per heavy atom. The van der Waals surface area contributed by atoms with Crippen molar-refractivity contribution in [2.45, 2.75) is 58.4 Å². The topological polar surface area (TPSA) is 32.3 Å². The van der Waals surface area contributed by atoms with Gasteiger partial charge in [-0.2, -0.15) is 0 Å². The van der Waals surface area contributed by atoms with Crippen molar-refractivity contribution in [3.63, 3.8) is 0 Å². The third-order valence-corrected chi connectivity index (χ3v) is 3.56. The molecular weight excluding hydrogens is 234 g/mol. The fraction of sp³-hybridized carbons (Fsp3) is 0.647. The van der Waals surface area contributed by atoms with Crippen LogP contribution in [0.15, 0.2) is 24.3 Å². The van der Waals surface area contributed by atoms with Crippen LogP contribution in [0, 0.1) is 0 Å². The van der Waals surface area contributed by atoms with Gasteiger partial charge in [0.25, 0.3) is 0 Å². The molecule has 0 aliphatic rings. The van der Waals surface area contributed by atoms with Crippen LogP contribution >= 0.6 is 0 Å². The van der Waals surface area contributed by atoms with E-state index in [1.54, 1.807) is 0 Å². The Morgan fingerprint density at radius 2 is 1.68 bits per heavy atom. The van der Waals surface area contributed by atoms with Gasteiger partial charge in [-0.05, 0) is 49.3 Å². The molecule has 0 spiro atoms. The van der Waals surface area contributed by atoms with E-state index in [1.807, 2.05) is 0 Å². The van der Waals surface area contributed by atoms with Gasteiger partial charge in [0.05, 0.1) is 0 Å². The third kappa shape index (κ3) is 5.75. The van der Waals surface area contributed by atoms with Gasteiger partial charge in [0.2, 0.25) is 0 Å². The van der Waals surface area contributed by atoms with Crippen molar-refractivity contribution < 1.29 is 5.11 Å². The predicted octanol–water partition coefficient (Wildman–Crippen LogP) is 3.80. The number of hydrogen-bond donors (Lipinski definition) is 2. The first kappa shape index (κ1) is 16.2. The van der Waals surface area contributed by atoms with E-state index < -0.39 is 0 Å². The van der Waals surface area contributed by atoms with Crippen LogP contribution in [-0.2, 0) is 5.41 Å². The van der Waals surface area contributed by atoms with E-state index in [0.29, 0.717) is 12.6 Å². The normalized spacial score (nSPS) is 13.5. The molecule has 0 radical (unpaired) electrons. The lowest BCUT2D eigenvalue weighted by molar-refractivity contribution is 0.282. The highest BCUT2D eigenvalue weighted by atomic mass is 16.2. The summed E-state index contributed by atoms with van der Waals surface area (Å²) in [4.78, 5) is 0. The van der Waals surface area contributed by atoms with Crippen LogP contribution in [-0.4, -0.2) is 18.3 Å². The van der Waals surface area contributed by atoms with Gasteiger partial charge in [-0.1, -0.05) is 45.0 Å². The molecule has 0 heterocycles. The summed E-state index contributed by atoms with van der Waals surface area (Å²) >= 11 is 0. The summed E-state index contributed by atoms with van der Waals surface area (Å²) in [5.74, 6) is 0. The second kappa shape index (κ2) is 7.66. The number of nitrogens with one attached hydrogen (secondary N) is 1. The minimum absolute atomic E-state index is 0.222. The molecule has 1 aromatic rings. The van der Waals surface area contributed by atoms with Crippen molar-refractivity contribution >= 4 is 0 Å². The molecule has 1 rings (SSSR count). The Bertz CT molecular complexity index is 351. The number of benzene rings is 1. The summed E-state index contributed by atoms with van der Waals surface area (Å²) in [6, 6.07) is 9.32. The molecule has 2 N–H and O–H groups in total. The number of unbranched alkanes of at least 4 members (excludes halogenated alkanes) is 2. The average molecular weight is 263 g/mol. The Labute approximate surface area is 118 Å². The summed E-state index contributed by atoms with van der Waals surface area (Å²) in [7, 11) is 0. The summed E-state index contributed by atoms with van der Waals surface area (Å²) in [5.41, 5.74) is 2.95. The van der Waals surface area contributed by atoms with Gasteiger partial charge >= 0.3 is 0 Å². The Morgan fingerprint density at radius 3 is 2.21 bits per heavy atom. The molecule has 1 atom stereocenters. The summed E-state index contributed by atoms with van der Waals surface area (Å²) in [6.45, 7) is 10.3. The van der Waals surface area contributed by atoms with Crippen LogP contribution in [0.1, 0.15) is 64.1 Å². The van der Waals surface area contributed by atoms with Crippen LogP contribution in [0.25, 0.3) is 0 Å². The molecule has 1 unspecified atom stereocenters. The highest BCUT2D eigenvalue weighted by Crippen LogP contribution is 2.23. The first-order valence-corrected chi connectivity index (χ1v) is 7.40. The van der Waals surface area contributed by atoms with Gasteiger partial charge < -0.3 is 10.4 Å². The van der Waals surface area contributed by atoms with Gasteiger partial charge in [0.1, 0.15) is 0 Å². The third-order valence-electron chi connectivity index (χ3n) is 3.56. The van der Waals surface area contributed by atoms with Gasteiger partial charge in [-0.25, -0.2) is 0 Å². The lowest BCUT2D eigenvalue weighted by atomic mass is 9.86. The first-order chi connectivity index (χ1) is 8.95. The maximum absolute atomic E-state index is 8.72. The van der Waals surface area contributed by atoms with Crippen LogP contribution in [0.2, 0.25) is 0 Å². The van der Waals surface area contributed by atoms with Crippen molar-refractivity contribution in [2.75, 3.05) is 13.2 Å². The highest BCUT2D eigenvalue weighted by molar-refractivity contribution is 5.28. The molecular formula is C17H29NO. The Hall–Kier alpha value is -0.860. The van der Waals surface area contributed by atoms with Crippen molar-refractivity contribution in [1.82, 2.24) is 5.32 Å². The van der Waals surface area contributed by atoms with Gasteiger partial charge in [0.15, 0.2) is 0 Å². The minimum atomic E-state index is 0.222. The smallest absolute Gasteiger partial charge is 0.0431 e.